The molecule has 7 nitrogen and oxygen atoms in total. The molecule has 1 saturated heterocycles. The third-order valence-electron chi connectivity index (χ3n) is 4.81. The number of anilines is 1. The van der Waals surface area contributed by atoms with E-state index in [1.165, 1.54) is 10.4 Å². The van der Waals surface area contributed by atoms with Crippen molar-refractivity contribution in [2.24, 2.45) is 0 Å². The number of rotatable bonds is 4. The maximum Gasteiger partial charge on any atom is 0.272 e. The minimum Gasteiger partial charge on any atom is -0.379 e. The first-order chi connectivity index (χ1) is 13.4. The summed E-state index contributed by atoms with van der Waals surface area (Å²) in [4.78, 5) is 15.9. The largest absolute Gasteiger partial charge is 0.379 e. The molecule has 1 fully saturated rings. The Morgan fingerprint density at radius 1 is 1.11 bits per heavy atom. The summed E-state index contributed by atoms with van der Waals surface area (Å²) in [5.41, 5.74) is 2.35. The van der Waals surface area contributed by atoms with Crippen molar-refractivity contribution in [2.75, 3.05) is 31.6 Å². The molecule has 0 saturated carbocycles. The normalized spacial score (nSPS) is 15.6. The number of aromatic amines is 1. The van der Waals surface area contributed by atoms with Gasteiger partial charge in [-0.25, -0.2) is 8.42 Å². The molecular weight excluding hydrogens is 378 g/mol. The second-order valence-electron chi connectivity index (χ2n) is 6.72. The molecule has 0 aliphatic carbocycles. The molecule has 1 aromatic heterocycles. The van der Waals surface area contributed by atoms with Crippen molar-refractivity contribution in [1.82, 2.24) is 9.29 Å². The van der Waals surface area contributed by atoms with E-state index >= 15 is 0 Å². The van der Waals surface area contributed by atoms with Crippen molar-refractivity contribution in [3.63, 3.8) is 0 Å². The molecule has 1 amide bonds. The Morgan fingerprint density at radius 2 is 1.86 bits per heavy atom. The molecule has 8 heteroatoms. The molecule has 0 radical (unpaired) electrons. The average Bonchev–Trinajstić information content (AvgIpc) is 3.14. The van der Waals surface area contributed by atoms with E-state index in [1.54, 1.807) is 25.1 Å². The molecule has 1 aliphatic heterocycles. The Morgan fingerprint density at radius 3 is 2.61 bits per heavy atom. The molecule has 0 unspecified atom stereocenters. The zero-order valence-electron chi connectivity index (χ0n) is 15.4. The molecule has 1 aliphatic rings. The lowest BCUT2D eigenvalue weighted by Crippen LogP contribution is -2.40. The number of nitrogens with zero attached hydrogens (tertiary/aromatic N) is 1. The number of ether oxygens (including phenoxy) is 1. The highest BCUT2D eigenvalue weighted by Crippen LogP contribution is 2.25. The van der Waals surface area contributed by atoms with E-state index in [0.717, 1.165) is 10.9 Å². The Labute approximate surface area is 163 Å². The summed E-state index contributed by atoms with van der Waals surface area (Å²) in [6.45, 7) is 3.17. The van der Waals surface area contributed by atoms with Crippen LogP contribution in [0.5, 0.6) is 0 Å². The van der Waals surface area contributed by atoms with Gasteiger partial charge in [0, 0.05) is 29.7 Å². The van der Waals surface area contributed by atoms with Gasteiger partial charge < -0.3 is 15.0 Å². The van der Waals surface area contributed by atoms with Crippen LogP contribution in [-0.4, -0.2) is 49.9 Å². The first-order valence-electron chi connectivity index (χ1n) is 9.03. The van der Waals surface area contributed by atoms with Gasteiger partial charge in [-0.05, 0) is 36.8 Å². The molecule has 0 spiro atoms. The number of aryl methyl sites for hydroxylation is 1. The van der Waals surface area contributed by atoms with Crippen LogP contribution in [0.15, 0.2) is 53.4 Å². The van der Waals surface area contributed by atoms with Crippen LogP contribution in [0.3, 0.4) is 0 Å². The number of hydrogen-bond donors (Lipinski definition) is 2. The van der Waals surface area contributed by atoms with Gasteiger partial charge >= 0.3 is 0 Å². The zero-order chi connectivity index (χ0) is 19.7. The number of H-pyrrole nitrogens is 1. The monoisotopic (exact) mass is 399 g/mol. The summed E-state index contributed by atoms with van der Waals surface area (Å²) >= 11 is 0. The number of fused-ring (bicyclic) bond motifs is 1. The Hall–Kier alpha value is -2.68. The lowest BCUT2D eigenvalue weighted by atomic mass is 10.2. The number of nitrogens with one attached hydrogen (secondary N) is 2. The minimum absolute atomic E-state index is 0.198. The quantitative estimate of drug-likeness (QED) is 0.706. The smallest absolute Gasteiger partial charge is 0.272 e. The van der Waals surface area contributed by atoms with Crippen LogP contribution in [-0.2, 0) is 14.8 Å². The van der Waals surface area contributed by atoms with Crippen LogP contribution in [0, 0.1) is 6.92 Å². The van der Waals surface area contributed by atoms with Gasteiger partial charge in [0.1, 0.15) is 5.69 Å². The van der Waals surface area contributed by atoms with Crippen molar-refractivity contribution in [1.29, 1.82) is 0 Å². The number of carbonyl (C=O) groups excluding carboxylic acids is 1. The second-order valence-corrected chi connectivity index (χ2v) is 8.63. The SMILES string of the molecule is Cc1ccc(NC(=O)c2cc3ccccc3[nH]2)cc1S(=O)(=O)N1CCOCC1. The zero-order valence-corrected chi connectivity index (χ0v) is 16.3. The van der Waals surface area contributed by atoms with Crippen LogP contribution in [0.1, 0.15) is 16.1 Å². The number of amides is 1. The van der Waals surface area contributed by atoms with E-state index in [9.17, 15) is 13.2 Å². The van der Waals surface area contributed by atoms with E-state index in [2.05, 4.69) is 10.3 Å². The lowest BCUT2D eigenvalue weighted by Gasteiger charge is -2.26. The predicted molar refractivity (Wildman–Crippen MR) is 107 cm³/mol. The topological polar surface area (TPSA) is 91.5 Å². The predicted octanol–water partition coefficient (Wildman–Crippen LogP) is 2.75. The molecule has 4 rings (SSSR count). The van der Waals surface area contributed by atoms with Crippen molar-refractivity contribution in [3.8, 4) is 0 Å². The van der Waals surface area contributed by atoms with Gasteiger partial charge in [0.2, 0.25) is 10.0 Å². The summed E-state index contributed by atoms with van der Waals surface area (Å²) < 4.78 is 32.6. The Balaban J connectivity index is 1.60. The summed E-state index contributed by atoms with van der Waals surface area (Å²) in [6, 6.07) is 14.3. The number of morpholine rings is 1. The third-order valence-corrected chi connectivity index (χ3v) is 6.85. The van der Waals surface area contributed by atoms with E-state index in [4.69, 9.17) is 4.74 Å². The third kappa shape index (κ3) is 3.54. The number of benzene rings is 2. The summed E-state index contributed by atoms with van der Waals surface area (Å²) in [6.07, 6.45) is 0. The van der Waals surface area contributed by atoms with Gasteiger partial charge in [-0.2, -0.15) is 4.31 Å². The van der Waals surface area contributed by atoms with Crippen molar-refractivity contribution in [3.05, 3.63) is 59.8 Å². The minimum atomic E-state index is -3.64. The van der Waals surface area contributed by atoms with Gasteiger partial charge in [0.05, 0.1) is 18.1 Å². The van der Waals surface area contributed by atoms with E-state index in [0.29, 0.717) is 43.2 Å². The molecule has 28 heavy (non-hydrogen) atoms. The van der Waals surface area contributed by atoms with Gasteiger partial charge in [-0.15, -0.1) is 0 Å². The van der Waals surface area contributed by atoms with Gasteiger partial charge in [-0.3, -0.25) is 4.79 Å². The standard InChI is InChI=1S/C20H21N3O4S/c1-14-6-7-16(13-19(14)28(25,26)23-8-10-27-11-9-23)21-20(24)18-12-15-4-2-3-5-17(15)22-18/h2-7,12-13,22H,8-11H2,1H3,(H,21,24). The number of para-hydroxylation sites is 1. The first-order valence-corrected chi connectivity index (χ1v) is 10.5. The van der Waals surface area contributed by atoms with Gasteiger partial charge in [0.15, 0.2) is 0 Å². The fraction of sp³-hybridized carbons (Fsp3) is 0.250. The summed E-state index contributed by atoms with van der Waals surface area (Å²) in [7, 11) is -3.64. The van der Waals surface area contributed by atoms with Crippen molar-refractivity contribution >= 4 is 32.5 Å². The summed E-state index contributed by atoms with van der Waals surface area (Å²) in [5.74, 6) is -0.324. The van der Waals surface area contributed by atoms with Crippen molar-refractivity contribution < 1.29 is 17.9 Å². The number of sulfonamides is 1. The van der Waals surface area contributed by atoms with E-state index in [-0.39, 0.29) is 10.8 Å². The fourth-order valence-electron chi connectivity index (χ4n) is 3.28. The van der Waals surface area contributed by atoms with Crippen LogP contribution in [0.2, 0.25) is 0 Å². The molecule has 3 aromatic rings. The maximum atomic E-state index is 13.0. The van der Waals surface area contributed by atoms with Crippen LogP contribution < -0.4 is 5.32 Å². The van der Waals surface area contributed by atoms with Crippen LogP contribution in [0.25, 0.3) is 10.9 Å². The highest BCUT2D eigenvalue weighted by atomic mass is 32.2. The molecular formula is C20H21N3O4S. The fourth-order valence-corrected chi connectivity index (χ4v) is 4.93. The van der Waals surface area contributed by atoms with Crippen molar-refractivity contribution in [2.45, 2.75) is 11.8 Å². The average molecular weight is 399 g/mol. The van der Waals surface area contributed by atoms with Crippen LogP contribution >= 0.6 is 0 Å². The molecule has 2 aromatic carbocycles. The Bertz CT molecular complexity index is 1100. The molecule has 2 N–H and O–H groups in total. The number of carbonyl (C=O) groups is 1. The second kappa shape index (κ2) is 7.38. The molecule has 2 heterocycles. The molecule has 0 bridgehead atoms. The lowest BCUT2D eigenvalue weighted by molar-refractivity contribution is 0.0730. The highest BCUT2D eigenvalue weighted by molar-refractivity contribution is 7.89. The highest BCUT2D eigenvalue weighted by Gasteiger charge is 2.28. The number of hydrogen-bond acceptors (Lipinski definition) is 4. The summed E-state index contributed by atoms with van der Waals surface area (Å²) in [5, 5.41) is 3.72. The maximum absolute atomic E-state index is 13.0. The van der Waals surface area contributed by atoms with E-state index in [1.807, 2.05) is 24.3 Å². The molecule has 146 valence electrons. The first kappa shape index (κ1) is 18.7. The Kier molecular flexibility index (Phi) is 4.92. The van der Waals surface area contributed by atoms with Crippen LogP contribution in [0.4, 0.5) is 5.69 Å². The van der Waals surface area contributed by atoms with Gasteiger partial charge in [0.25, 0.3) is 5.91 Å². The van der Waals surface area contributed by atoms with Gasteiger partial charge in [-0.1, -0.05) is 24.3 Å². The number of aromatic nitrogens is 1. The molecule has 0 atom stereocenters. The van der Waals surface area contributed by atoms with E-state index < -0.39 is 10.0 Å².